The van der Waals surface area contributed by atoms with Crippen LogP contribution in [0.2, 0.25) is 5.02 Å². The molecular weight excluding hydrogens is 310 g/mol. The van der Waals surface area contributed by atoms with Gasteiger partial charge in [0.25, 0.3) is 0 Å². The molecule has 1 heterocycles. The van der Waals surface area contributed by atoms with Crippen LogP contribution >= 0.6 is 22.9 Å². The van der Waals surface area contributed by atoms with E-state index in [4.69, 9.17) is 11.6 Å². The molecule has 0 radical (unpaired) electrons. The van der Waals surface area contributed by atoms with Crippen molar-refractivity contribution in [1.82, 2.24) is 4.98 Å². The van der Waals surface area contributed by atoms with Gasteiger partial charge < -0.3 is 10.6 Å². The van der Waals surface area contributed by atoms with E-state index in [2.05, 4.69) is 15.6 Å². The second-order valence-corrected chi connectivity index (χ2v) is 5.78. The fourth-order valence-corrected chi connectivity index (χ4v) is 2.57. The minimum atomic E-state index is -0.186. The van der Waals surface area contributed by atoms with Gasteiger partial charge in [-0.15, -0.1) is 11.3 Å². The summed E-state index contributed by atoms with van der Waals surface area (Å²) in [6.07, 6.45) is 0.140. The van der Waals surface area contributed by atoms with E-state index in [1.165, 1.54) is 18.3 Å². The summed E-state index contributed by atoms with van der Waals surface area (Å²) in [6.45, 7) is 3.31. The Balaban J connectivity index is 1.96. The molecule has 0 bridgehead atoms. The summed E-state index contributed by atoms with van der Waals surface area (Å²) < 4.78 is 0. The lowest BCUT2D eigenvalue weighted by atomic mass is 10.2. The highest BCUT2D eigenvalue weighted by Gasteiger charge is 2.09. The molecule has 2 aromatic rings. The largest absolute Gasteiger partial charge is 0.326 e. The molecule has 2 rings (SSSR count). The van der Waals surface area contributed by atoms with Crippen LogP contribution in [0.3, 0.4) is 0 Å². The van der Waals surface area contributed by atoms with Crippen LogP contribution in [-0.2, 0) is 16.0 Å². The van der Waals surface area contributed by atoms with Gasteiger partial charge in [-0.05, 0) is 24.6 Å². The number of nitrogens with zero attached hydrogens (tertiary/aromatic N) is 1. The molecule has 0 aliphatic heterocycles. The van der Waals surface area contributed by atoms with Crippen molar-refractivity contribution in [2.75, 3.05) is 10.6 Å². The monoisotopic (exact) mass is 323 g/mol. The van der Waals surface area contributed by atoms with Gasteiger partial charge in [-0.3, -0.25) is 9.59 Å². The van der Waals surface area contributed by atoms with Gasteiger partial charge >= 0.3 is 0 Å². The van der Waals surface area contributed by atoms with Crippen molar-refractivity contribution < 1.29 is 9.59 Å². The zero-order chi connectivity index (χ0) is 15.4. The van der Waals surface area contributed by atoms with Crippen LogP contribution in [0.5, 0.6) is 0 Å². The lowest BCUT2D eigenvalue weighted by Crippen LogP contribution is -2.14. The van der Waals surface area contributed by atoms with Crippen molar-refractivity contribution >= 4 is 45.6 Å². The summed E-state index contributed by atoms with van der Waals surface area (Å²) in [5.74, 6) is -0.371. The van der Waals surface area contributed by atoms with Gasteiger partial charge in [0.2, 0.25) is 11.8 Å². The number of aromatic nitrogens is 1. The van der Waals surface area contributed by atoms with Gasteiger partial charge in [-0.25, -0.2) is 4.98 Å². The van der Waals surface area contributed by atoms with E-state index in [-0.39, 0.29) is 18.2 Å². The summed E-state index contributed by atoms with van der Waals surface area (Å²) in [5.41, 5.74) is 2.21. The van der Waals surface area contributed by atoms with E-state index in [1.54, 1.807) is 17.5 Å². The first-order valence-corrected chi connectivity index (χ1v) is 7.48. The summed E-state index contributed by atoms with van der Waals surface area (Å²) in [5, 5.41) is 8.18. The Hall–Kier alpha value is -1.92. The minimum absolute atomic E-state index is 0.140. The molecule has 110 valence electrons. The average Bonchev–Trinajstić information content (AvgIpc) is 2.80. The summed E-state index contributed by atoms with van der Waals surface area (Å²) in [7, 11) is 0. The van der Waals surface area contributed by atoms with E-state index < -0.39 is 0 Å². The molecule has 1 aromatic heterocycles. The molecule has 0 saturated heterocycles. The molecule has 2 N–H and O–H groups in total. The topological polar surface area (TPSA) is 71.1 Å². The summed E-state index contributed by atoms with van der Waals surface area (Å²) in [4.78, 5) is 27.0. The Kier molecular flexibility index (Phi) is 4.93. The molecule has 5 nitrogen and oxygen atoms in total. The van der Waals surface area contributed by atoms with Gasteiger partial charge in [0.1, 0.15) is 0 Å². The zero-order valence-electron chi connectivity index (χ0n) is 11.6. The normalized spacial score (nSPS) is 10.2. The molecular formula is C14H14ClN3O2S. The highest BCUT2D eigenvalue weighted by atomic mass is 35.5. The molecule has 0 aliphatic rings. The Morgan fingerprint density at radius 2 is 2.10 bits per heavy atom. The zero-order valence-corrected chi connectivity index (χ0v) is 13.1. The molecule has 0 saturated carbocycles. The van der Waals surface area contributed by atoms with Crippen LogP contribution in [-0.4, -0.2) is 16.8 Å². The molecule has 0 spiro atoms. The summed E-state index contributed by atoms with van der Waals surface area (Å²) in [6, 6.07) is 5.34. The molecule has 0 atom stereocenters. The smallest absolute Gasteiger partial charge is 0.230 e. The predicted molar refractivity (Wildman–Crippen MR) is 84.9 cm³/mol. The first-order chi connectivity index (χ1) is 9.94. The van der Waals surface area contributed by atoms with Crippen LogP contribution < -0.4 is 10.6 Å². The van der Waals surface area contributed by atoms with Crippen LogP contribution in [0.25, 0.3) is 0 Å². The van der Waals surface area contributed by atoms with Crippen LogP contribution in [0.15, 0.2) is 23.6 Å². The number of hydrogen-bond acceptors (Lipinski definition) is 4. The molecule has 0 fully saturated rings. The maximum atomic E-state index is 11.9. The Morgan fingerprint density at radius 3 is 2.76 bits per heavy atom. The van der Waals surface area contributed by atoms with Crippen molar-refractivity contribution in [1.29, 1.82) is 0 Å². The summed E-state index contributed by atoms with van der Waals surface area (Å²) >= 11 is 7.29. The van der Waals surface area contributed by atoms with Gasteiger partial charge in [0, 0.05) is 23.0 Å². The number of nitrogens with one attached hydrogen (secondary N) is 2. The molecule has 21 heavy (non-hydrogen) atoms. The second kappa shape index (κ2) is 6.69. The van der Waals surface area contributed by atoms with E-state index in [0.717, 1.165) is 5.56 Å². The number of hydrogen-bond donors (Lipinski definition) is 2. The van der Waals surface area contributed by atoms with E-state index >= 15 is 0 Å². The maximum Gasteiger partial charge on any atom is 0.230 e. The van der Waals surface area contributed by atoms with Crippen molar-refractivity contribution in [2.24, 2.45) is 0 Å². The third kappa shape index (κ3) is 4.54. The van der Waals surface area contributed by atoms with Crippen LogP contribution in [0.1, 0.15) is 18.2 Å². The maximum absolute atomic E-state index is 11.9. The Bertz CT molecular complexity index is 685. The number of rotatable bonds is 4. The molecule has 1 aromatic carbocycles. The number of carbonyl (C=O) groups excluding carboxylic acids is 2. The molecule has 2 amide bonds. The molecule has 7 heteroatoms. The third-order valence-corrected chi connectivity index (χ3v) is 3.85. The van der Waals surface area contributed by atoms with Crippen LogP contribution in [0, 0.1) is 6.92 Å². The number of thiazole rings is 1. The predicted octanol–water partition coefficient (Wildman–Crippen LogP) is 3.24. The first-order valence-electron chi connectivity index (χ1n) is 6.22. The highest BCUT2D eigenvalue weighted by molar-refractivity contribution is 7.13. The lowest BCUT2D eigenvalue weighted by molar-refractivity contribution is -0.116. The van der Waals surface area contributed by atoms with Gasteiger partial charge in [0.05, 0.1) is 12.1 Å². The number of benzene rings is 1. The van der Waals surface area contributed by atoms with Crippen molar-refractivity contribution in [3.63, 3.8) is 0 Å². The molecule has 0 aliphatic carbocycles. The first kappa shape index (κ1) is 15.5. The Morgan fingerprint density at radius 1 is 1.33 bits per heavy atom. The highest BCUT2D eigenvalue weighted by Crippen LogP contribution is 2.20. The van der Waals surface area contributed by atoms with Crippen molar-refractivity contribution in [3.8, 4) is 0 Å². The molecule has 0 unspecified atom stereocenters. The van der Waals surface area contributed by atoms with Crippen molar-refractivity contribution in [3.05, 3.63) is 39.9 Å². The number of anilines is 2. The van der Waals surface area contributed by atoms with Gasteiger partial charge in [-0.1, -0.05) is 17.7 Å². The minimum Gasteiger partial charge on any atom is -0.326 e. The third-order valence-electron chi connectivity index (χ3n) is 2.63. The number of aryl methyl sites for hydroxylation is 1. The quantitative estimate of drug-likeness (QED) is 0.907. The lowest BCUT2D eigenvalue weighted by Gasteiger charge is -2.06. The Labute approximate surface area is 131 Å². The fraction of sp³-hybridized carbons (Fsp3) is 0.214. The average molecular weight is 324 g/mol. The SMILES string of the molecule is CC(=O)Nc1nc(CC(=O)Nc2ccc(C)c(Cl)c2)cs1. The number of halogens is 1. The second-order valence-electron chi connectivity index (χ2n) is 4.51. The van der Waals surface area contributed by atoms with E-state index in [9.17, 15) is 9.59 Å². The van der Waals surface area contributed by atoms with Crippen LogP contribution in [0.4, 0.5) is 10.8 Å². The van der Waals surface area contributed by atoms with Crippen molar-refractivity contribution in [2.45, 2.75) is 20.3 Å². The van der Waals surface area contributed by atoms with E-state index in [1.807, 2.05) is 13.0 Å². The fourth-order valence-electron chi connectivity index (χ4n) is 1.64. The number of amides is 2. The standard InChI is InChI=1S/C14H14ClN3O2S/c1-8-3-4-10(5-12(8)15)17-13(20)6-11-7-21-14(18-11)16-9(2)19/h3-5,7H,6H2,1-2H3,(H,17,20)(H,16,18,19). The van der Waals surface area contributed by atoms with Gasteiger partial charge in [0.15, 0.2) is 5.13 Å². The number of carbonyl (C=O) groups is 2. The van der Waals surface area contributed by atoms with E-state index in [0.29, 0.717) is 21.5 Å². The van der Waals surface area contributed by atoms with Gasteiger partial charge in [-0.2, -0.15) is 0 Å².